The van der Waals surface area contributed by atoms with Crippen LogP contribution in [0.2, 0.25) is 0 Å². The van der Waals surface area contributed by atoms with Gasteiger partial charge in [-0.2, -0.15) is 5.10 Å². The summed E-state index contributed by atoms with van der Waals surface area (Å²) in [6, 6.07) is 7.59. The Morgan fingerprint density at radius 1 is 1.17 bits per heavy atom. The Morgan fingerprint density at radius 2 is 1.90 bits per heavy atom. The first-order chi connectivity index (χ1) is 14.0. The number of carbonyl (C=O) groups is 1. The molecule has 3 rings (SSSR count). The van der Waals surface area contributed by atoms with Crippen molar-refractivity contribution in [1.82, 2.24) is 14.8 Å². The Morgan fingerprint density at radius 3 is 2.52 bits per heavy atom. The highest BCUT2D eigenvalue weighted by atomic mass is 32.1. The predicted molar refractivity (Wildman–Crippen MR) is 112 cm³/mol. The Balaban J connectivity index is 1.53. The minimum absolute atomic E-state index is 0.0495. The van der Waals surface area contributed by atoms with Crippen LogP contribution < -0.4 is 19.7 Å². The number of ether oxygens (including phenoxy) is 2. The molecule has 0 atom stereocenters. The molecule has 29 heavy (non-hydrogen) atoms. The van der Waals surface area contributed by atoms with E-state index in [0.29, 0.717) is 12.4 Å². The molecule has 0 bridgehead atoms. The minimum Gasteiger partial charge on any atom is -0.497 e. The number of carbonyl (C=O) groups excluding carboxylic acids is 1. The first-order valence-corrected chi connectivity index (χ1v) is 10.1. The monoisotopic (exact) mass is 416 g/mol. The zero-order valence-corrected chi connectivity index (χ0v) is 17.5. The van der Waals surface area contributed by atoms with Crippen molar-refractivity contribution >= 4 is 23.1 Å². The molecule has 2 heterocycles. The summed E-state index contributed by atoms with van der Waals surface area (Å²) in [4.78, 5) is 23.8. The number of hydrogen-bond acceptors (Lipinski definition) is 6. The van der Waals surface area contributed by atoms with Gasteiger partial charge in [-0.15, -0.1) is 0 Å². The third-order valence-electron chi connectivity index (χ3n) is 4.53. The number of anilines is 1. The molecule has 0 saturated heterocycles. The van der Waals surface area contributed by atoms with E-state index in [9.17, 15) is 9.59 Å². The van der Waals surface area contributed by atoms with Crippen LogP contribution in [0.3, 0.4) is 0 Å². The number of benzene rings is 1. The van der Waals surface area contributed by atoms with Crippen molar-refractivity contribution in [2.45, 2.75) is 32.7 Å². The lowest BCUT2D eigenvalue weighted by molar-refractivity contribution is -0.116. The highest BCUT2D eigenvalue weighted by Gasteiger charge is 2.10. The third-order valence-corrected chi connectivity index (χ3v) is 5.41. The first kappa shape index (κ1) is 20.7. The van der Waals surface area contributed by atoms with E-state index in [0.717, 1.165) is 52.6 Å². The summed E-state index contributed by atoms with van der Waals surface area (Å²) < 4.78 is 12.2. The van der Waals surface area contributed by atoms with Crippen LogP contribution in [0, 0.1) is 6.92 Å². The second-order valence-corrected chi connectivity index (χ2v) is 7.41. The van der Waals surface area contributed by atoms with Crippen molar-refractivity contribution in [3.63, 3.8) is 0 Å². The number of aryl methyl sites for hydroxylation is 3. The quantitative estimate of drug-likeness (QED) is 0.559. The molecule has 0 radical (unpaired) electrons. The number of nitrogens with zero attached hydrogens (tertiary/aromatic N) is 2. The number of H-pyrrole nitrogens is 1. The van der Waals surface area contributed by atoms with E-state index in [2.05, 4.69) is 15.5 Å². The number of methoxy groups -OCH3 is 2. The molecular formula is C20H24N4O4S. The second kappa shape index (κ2) is 9.42. The molecule has 8 nitrogen and oxygen atoms in total. The average molecular weight is 417 g/mol. The summed E-state index contributed by atoms with van der Waals surface area (Å²) in [6.45, 7) is 2.21. The van der Waals surface area contributed by atoms with Crippen LogP contribution in [-0.2, 0) is 24.2 Å². The molecule has 2 N–H and O–H groups in total. The molecule has 3 aromatic rings. The van der Waals surface area contributed by atoms with Gasteiger partial charge in [0.25, 0.3) is 0 Å². The molecular weight excluding hydrogens is 392 g/mol. The van der Waals surface area contributed by atoms with Gasteiger partial charge in [-0.3, -0.25) is 14.7 Å². The maximum absolute atomic E-state index is 12.2. The number of amides is 1. The van der Waals surface area contributed by atoms with Gasteiger partial charge >= 0.3 is 4.87 Å². The van der Waals surface area contributed by atoms with E-state index in [1.165, 1.54) is 0 Å². The van der Waals surface area contributed by atoms with Gasteiger partial charge in [0.2, 0.25) is 5.91 Å². The maximum Gasteiger partial charge on any atom is 0.307 e. The smallest absolute Gasteiger partial charge is 0.307 e. The fourth-order valence-corrected chi connectivity index (χ4v) is 3.70. The van der Waals surface area contributed by atoms with Crippen LogP contribution in [0.1, 0.15) is 23.4 Å². The summed E-state index contributed by atoms with van der Waals surface area (Å²) in [5, 5.41) is 11.6. The van der Waals surface area contributed by atoms with E-state index in [1.807, 2.05) is 31.2 Å². The zero-order chi connectivity index (χ0) is 20.8. The van der Waals surface area contributed by atoms with E-state index in [1.54, 1.807) is 24.2 Å². The Bertz CT molecular complexity index is 1020. The Kier molecular flexibility index (Phi) is 6.71. The highest BCUT2D eigenvalue weighted by molar-refractivity contribution is 7.07. The molecule has 1 aromatic carbocycles. The number of aromatic nitrogens is 3. The van der Waals surface area contributed by atoms with Crippen LogP contribution >= 0.6 is 11.3 Å². The van der Waals surface area contributed by atoms with E-state index in [4.69, 9.17) is 9.47 Å². The number of rotatable bonds is 9. The molecule has 0 unspecified atom stereocenters. The van der Waals surface area contributed by atoms with Crippen molar-refractivity contribution in [3.05, 3.63) is 56.3 Å². The molecule has 154 valence electrons. The largest absolute Gasteiger partial charge is 0.497 e. The summed E-state index contributed by atoms with van der Waals surface area (Å²) in [6.07, 6.45) is 1.70. The molecule has 0 spiro atoms. The van der Waals surface area contributed by atoms with Crippen molar-refractivity contribution in [1.29, 1.82) is 0 Å². The van der Waals surface area contributed by atoms with E-state index in [-0.39, 0.29) is 17.2 Å². The van der Waals surface area contributed by atoms with Gasteiger partial charge < -0.3 is 19.4 Å². The average Bonchev–Trinajstić information content (AvgIpc) is 3.30. The van der Waals surface area contributed by atoms with Crippen molar-refractivity contribution in [3.8, 4) is 11.5 Å². The zero-order valence-electron chi connectivity index (χ0n) is 16.7. The van der Waals surface area contributed by atoms with Gasteiger partial charge in [-0.25, -0.2) is 0 Å². The fraction of sp³-hybridized carbons (Fsp3) is 0.350. The molecule has 0 fully saturated rings. The summed E-state index contributed by atoms with van der Waals surface area (Å²) in [5.41, 5.74) is 2.86. The molecule has 2 aromatic heterocycles. The molecule has 1 amide bonds. The SMILES string of the molecule is COc1cc(CCc2cc(NC(=O)CCn3c(C)csc3=O)n[nH]2)cc(OC)c1. The minimum atomic E-state index is -0.182. The van der Waals surface area contributed by atoms with E-state index >= 15 is 0 Å². The molecule has 0 aliphatic rings. The van der Waals surface area contributed by atoms with Crippen LogP contribution in [0.5, 0.6) is 11.5 Å². The molecule has 0 aliphatic heterocycles. The summed E-state index contributed by atoms with van der Waals surface area (Å²) in [5.74, 6) is 1.79. The van der Waals surface area contributed by atoms with Gasteiger partial charge in [-0.1, -0.05) is 11.3 Å². The third kappa shape index (κ3) is 5.47. The van der Waals surface area contributed by atoms with Crippen LogP contribution in [-0.4, -0.2) is 34.9 Å². The normalized spacial score (nSPS) is 10.7. The molecule has 9 heteroatoms. The number of nitrogens with one attached hydrogen (secondary N) is 2. The summed E-state index contributed by atoms with van der Waals surface area (Å²) >= 11 is 1.14. The lowest BCUT2D eigenvalue weighted by atomic mass is 10.1. The molecule has 0 saturated carbocycles. The second-order valence-electron chi connectivity index (χ2n) is 6.59. The maximum atomic E-state index is 12.2. The van der Waals surface area contributed by atoms with Gasteiger partial charge in [0.05, 0.1) is 14.2 Å². The van der Waals surface area contributed by atoms with Crippen molar-refractivity contribution in [2.24, 2.45) is 0 Å². The van der Waals surface area contributed by atoms with E-state index < -0.39 is 0 Å². The van der Waals surface area contributed by atoms with Gasteiger partial charge in [0.15, 0.2) is 5.82 Å². The lowest BCUT2D eigenvalue weighted by Crippen LogP contribution is -2.20. The number of aromatic amines is 1. The predicted octanol–water partition coefficient (Wildman–Crippen LogP) is 2.77. The van der Waals surface area contributed by atoms with Crippen molar-refractivity contribution < 1.29 is 14.3 Å². The Hall–Kier alpha value is -3.07. The van der Waals surface area contributed by atoms with Gasteiger partial charge in [0.1, 0.15) is 11.5 Å². The van der Waals surface area contributed by atoms with Crippen LogP contribution in [0.4, 0.5) is 5.82 Å². The fourth-order valence-electron chi connectivity index (χ4n) is 2.94. The number of hydrogen-bond donors (Lipinski definition) is 2. The summed E-state index contributed by atoms with van der Waals surface area (Å²) in [7, 11) is 3.25. The highest BCUT2D eigenvalue weighted by Crippen LogP contribution is 2.23. The lowest BCUT2D eigenvalue weighted by Gasteiger charge is -2.08. The van der Waals surface area contributed by atoms with Gasteiger partial charge in [0, 0.05) is 41.9 Å². The van der Waals surface area contributed by atoms with Crippen molar-refractivity contribution in [2.75, 3.05) is 19.5 Å². The first-order valence-electron chi connectivity index (χ1n) is 9.19. The van der Waals surface area contributed by atoms with Gasteiger partial charge in [-0.05, 0) is 37.5 Å². The molecule has 0 aliphatic carbocycles. The standard InChI is InChI=1S/C20H24N4O4S/c1-13-12-29-20(26)24(13)7-6-19(25)21-18-10-15(22-23-18)5-4-14-8-16(27-2)11-17(9-14)28-3/h8-12H,4-7H2,1-3H3,(H2,21,22,23,25). The van der Waals surface area contributed by atoms with Crippen LogP contribution in [0.25, 0.3) is 0 Å². The number of thiazole rings is 1. The Labute approximate surface area is 172 Å². The van der Waals surface area contributed by atoms with Crippen LogP contribution in [0.15, 0.2) is 34.4 Å². The topological polar surface area (TPSA) is 98.2 Å².